The van der Waals surface area contributed by atoms with E-state index >= 15 is 0 Å². The molecule has 0 saturated carbocycles. The van der Waals surface area contributed by atoms with Crippen molar-refractivity contribution >= 4 is 0 Å². The van der Waals surface area contributed by atoms with Crippen molar-refractivity contribution in [2.45, 2.75) is 39.3 Å². The molecular weight excluding hydrogens is 202 g/mol. The summed E-state index contributed by atoms with van der Waals surface area (Å²) >= 11 is 0. The van der Waals surface area contributed by atoms with E-state index in [9.17, 15) is 5.26 Å². The molecule has 0 saturated heterocycles. The highest BCUT2D eigenvalue weighted by atomic mass is 16.5. The van der Waals surface area contributed by atoms with Crippen LogP contribution in [0.1, 0.15) is 27.7 Å². The lowest BCUT2D eigenvalue weighted by atomic mass is 10.0. The van der Waals surface area contributed by atoms with E-state index in [1.165, 1.54) is 0 Å². The van der Waals surface area contributed by atoms with Crippen LogP contribution in [0.2, 0.25) is 0 Å². The van der Waals surface area contributed by atoms with Crippen LogP contribution < -0.4 is 5.32 Å². The van der Waals surface area contributed by atoms with Crippen molar-refractivity contribution in [3.05, 3.63) is 0 Å². The summed E-state index contributed by atoms with van der Waals surface area (Å²) < 4.78 is 5.29. The highest BCUT2D eigenvalue weighted by Gasteiger charge is 2.25. The molecule has 1 N–H and O–H groups in total. The summed E-state index contributed by atoms with van der Waals surface area (Å²) in [5, 5.41) is 12.5. The number of likely N-dealkylation sites (N-methyl/N-ethyl adjacent to an activating group) is 1. The number of rotatable bonds is 8. The maximum absolute atomic E-state index is 9.18. The highest BCUT2D eigenvalue weighted by Crippen LogP contribution is 2.05. The van der Waals surface area contributed by atoms with Gasteiger partial charge in [0.05, 0.1) is 12.7 Å². The molecule has 0 radical (unpaired) electrons. The lowest BCUT2D eigenvalue weighted by Crippen LogP contribution is -2.52. The van der Waals surface area contributed by atoms with Gasteiger partial charge in [-0.15, -0.1) is 0 Å². The molecule has 0 spiro atoms. The van der Waals surface area contributed by atoms with Crippen LogP contribution in [0.4, 0.5) is 0 Å². The van der Waals surface area contributed by atoms with Crippen LogP contribution >= 0.6 is 0 Å². The fourth-order valence-corrected chi connectivity index (χ4v) is 1.73. The van der Waals surface area contributed by atoms with E-state index < -0.39 is 5.54 Å². The van der Waals surface area contributed by atoms with Crippen molar-refractivity contribution in [1.29, 1.82) is 5.26 Å². The number of hydrogen-bond acceptors (Lipinski definition) is 4. The van der Waals surface area contributed by atoms with Gasteiger partial charge in [0.1, 0.15) is 5.54 Å². The summed E-state index contributed by atoms with van der Waals surface area (Å²) in [7, 11) is 2.01. The molecule has 0 aliphatic heterocycles. The van der Waals surface area contributed by atoms with Gasteiger partial charge in [0, 0.05) is 25.7 Å². The Hall–Kier alpha value is -0.630. The van der Waals surface area contributed by atoms with E-state index in [2.05, 4.69) is 30.1 Å². The van der Waals surface area contributed by atoms with Crippen LogP contribution in [0.3, 0.4) is 0 Å². The molecule has 4 nitrogen and oxygen atoms in total. The van der Waals surface area contributed by atoms with Crippen molar-refractivity contribution in [2.24, 2.45) is 0 Å². The number of nitriles is 1. The second-order valence-electron chi connectivity index (χ2n) is 4.68. The van der Waals surface area contributed by atoms with Gasteiger partial charge in [0.25, 0.3) is 0 Å². The first-order valence-electron chi connectivity index (χ1n) is 5.88. The molecule has 0 aromatic rings. The van der Waals surface area contributed by atoms with Gasteiger partial charge in [-0.05, 0) is 34.7 Å². The van der Waals surface area contributed by atoms with E-state index in [-0.39, 0.29) is 0 Å². The molecule has 0 rings (SSSR count). The largest absolute Gasteiger partial charge is 0.380 e. The topological polar surface area (TPSA) is 48.3 Å². The first-order chi connectivity index (χ1) is 7.43. The van der Waals surface area contributed by atoms with Gasteiger partial charge in [-0.1, -0.05) is 0 Å². The molecular formula is C12H25N3O. The van der Waals surface area contributed by atoms with Crippen LogP contribution in [0.5, 0.6) is 0 Å². The van der Waals surface area contributed by atoms with E-state index in [1.54, 1.807) is 0 Å². The number of nitrogens with zero attached hydrogens (tertiary/aromatic N) is 2. The molecule has 0 fully saturated rings. The second kappa shape index (κ2) is 7.61. The van der Waals surface area contributed by atoms with Crippen LogP contribution in [-0.2, 0) is 4.74 Å². The first kappa shape index (κ1) is 15.4. The third-order valence-electron chi connectivity index (χ3n) is 2.26. The molecule has 4 heteroatoms. The predicted octanol–water partition coefficient (Wildman–Crippen LogP) is 1.23. The zero-order valence-corrected chi connectivity index (χ0v) is 11.2. The second-order valence-corrected chi connectivity index (χ2v) is 4.68. The molecule has 1 unspecified atom stereocenters. The van der Waals surface area contributed by atoms with Crippen molar-refractivity contribution in [1.82, 2.24) is 10.2 Å². The summed E-state index contributed by atoms with van der Waals surface area (Å²) in [6, 6.07) is 2.65. The number of hydrogen-bond donors (Lipinski definition) is 1. The average Bonchev–Trinajstić information content (AvgIpc) is 2.16. The molecule has 0 aromatic heterocycles. The molecule has 1 atom stereocenters. The Labute approximate surface area is 99.6 Å². The van der Waals surface area contributed by atoms with Crippen LogP contribution in [0.15, 0.2) is 0 Å². The Morgan fingerprint density at radius 2 is 2.12 bits per heavy atom. The Bertz CT molecular complexity index is 225. The smallest absolute Gasteiger partial charge is 0.116 e. The Kier molecular flexibility index (Phi) is 7.31. The van der Waals surface area contributed by atoms with E-state index in [1.807, 2.05) is 20.9 Å². The van der Waals surface area contributed by atoms with E-state index in [4.69, 9.17) is 4.74 Å². The zero-order chi connectivity index (χ0) is 12.6. The Balaban J connectivity index is 4.05. The maximum Gasteiger partial charge on any atom is 0.116 e. The highest BCUT2D eigenvalue weighted by molar-refractivity contribution is 5.06. The van der Waals surface area contributed by atoms with Crippen LogP contribution in [0, 0.1) is 11.3 Å². The molecule has 0 aliphatic rings. The minimum Gasteiger partial charge on any atom is -0.380 e. The molecule has 0 amide bonds. The van der Waals surface area contributed by atoms with Gasteiger partial charge in [-0.25, -0.2) is 0 Å². The average molecular weight is 227 g/mol. The van der Waals surface area contributed by atoms with E-state index in [0.717, 1.165) is 19.8 Å². The molecule has 0 heterocycles. The first-order valence-corrected chi connectivity index (χ1v) is 5.88. The minimum atomic E-state index is -0.491. The fraction of sp³-hybridized carbons (Fsp3) is 0.917. The van der Waals surface area contributed by atoms with Crippen molar-refractivity contribution in [3.63, 3.8) is 0 Å². The SMILES string of the molecule is CCOCCN(C)CC(C)(C#N)NC(C)C. The van der Waals surface area contributed by atoms with Gasteiger partial charge >= 0.3 is 0 Å². The van der Waals surface area contributed by atoms with Crippen LogP contribution in [0.25, 0.3) is 0 Å². The lowest BCUT2D eigenvalue weighted by Gasteiger charge is -2.30. The van der Waals surface area contributed by atoms with E-state index in [0.29, 0.717) is 12.6 Å². The third-order valence-corrected chi connectivity index (χ3v) is 2.26. The van der Waals surface area contributed by atoms with Gasteiger partial charge in [0.2, 0.25) is 0 Å². The summed E-state index contributed by atoms with van der Waals surface area (Å²) in [6.07, 6.45) is 0. The molecule has 0 aromatic carbocycles. The monoisotopic (exact) mass is 227 g/mol. The summed E-state index contributed by atoms with van der Waals surface area (Å²) in [5.74, 6) is 0. The van der Waals surface area contributed by atoms with Gasteiger partial charge in [-0.3, -0.25) is 5.32 Å². The molecule has 16 heavy (non-hydrogen) atoms. The molecule has 0 aliphatic carbocycles. The van der Waals surface area contributed by atoms with Crippen molar-refractivity contribution in [3.8, 4) is 6.07 Å². The Morgan fingerprint density at radius 1 is 1.50 bits per heavy atom. The number of nitrogens with one attached hydrogen (secondary N) is 1. The maximum atomic E-state index is 9.18. The zero-order valence-electron chi connectivity index (χ0n) is 11.2. The summed E-state index contributed by atoms with van der Waals surface area (Å²) in [4.78, 5) is 2.12. The fourth-order valence-electron chi connectivity index (χ4n) is 1.73. The normalized spacial score (nSPS) is 15.1. The van der Waals surface area contributed by atoms with Gasteiger partial charge in [0.15, 0.2) is 0 Å². The molecule has 94 valence electrons. The Morgan fingerprint density at radius 3 is 2.56 bits per heavy atom. The number of ether oxygens (including phenoxy) is 1. The predicted molar refractivity (Wildman–Crippen MR) is 66.3 cm³/mol. The van der Waals surface area contributed by atoms with Crippen molar-refractivity contribution < 1.29 is 4.74 Å². The van der Waals surface area contributed by atoms with Gasteiger partial charge in [-0.2, -0.15) is 5.26 Å². The van der Waals surface area contributed by atoms with Crippen molar-refractivity contribution in [2.75, 3.05) is 33.4 Å². The van der Waals surface area contributed by atoms with Gasteiger partial charge < -0.3 is 9.64 Å². The quantitative estimate of drug-likeness (QED) is 0.634. The minimum absolute atomic E-state index is 0.310. The summed E-state index contributed by atoms with van der Waals surface area (Å²) in [6.45, 7) is 11.0. The molecule has 0 bridgehead atoms. The standard InChI is InChI=1S/C12H25N3O/c1-6-16-8-7-15(5)10-12(4,9-13)14-11(2)3/h11,14H,6-8,10H2,1-5H3. The van der Waals surface area contributed by atoms with Crippen LogP contribution in [-0.4, -0.2) is 49.8 Å². The summed E-state index contributed by atoms with van der Waals surface area (Å²) in [5.41, 5.74) is -0.491. The third kappa shape index (κ3) is 6.78. The lowest BCUT2D eigenvalue weighted by molar-refractivity contribution is 0.115.